The van der Waals surface area contributed by atoms with Gasteiger partial charge in [0.05, 0.1) is 11.4 Å². The van der Waals surface area contributed by atoms with E-state index in [1.165, 1.54) is 4.31 Å². The number of aryl methyl sites for hydroxylation is 2. The van der Waals surface area contributed by atoms with Gasteiger partial charge in [0.15, 0.2) is 5.60 Å². The number of benzene rings is 1. The molecule has 1 fully saturated rings. The number of carbonyl (C=O) groups is 1. The van der Waals surface area contributed by atoms with Crippen LogP contribution in [-0.4, -0.2) is 65.1 Å². The minimum Gasteiger partial charge on any atom is -0.478 e. The molecule has 170 valence electrons. The highest BCUT2D eigenvalue weighted by atomic mass is 35.5. The molecule has 1 amide bonds. The zero-order valence-electron chi connectivity index (χ0n) is 18.6. The van der Waals surface area contributed by atoms with Crippen LogP contribution in [0.4, 0.5) is 0 Å². The molecule has 2 aromatic rings. The fourth-order valence-electron chi connectivity index (χ4n) is 3.82. The molecule has 0 bridgehead atoms. The Morgan fingerprint density at radius 3 is 2.32 bits per heavy atom. The van der Waals surface area contributed by atoms with Crippen molar-refractivity contribution in [2.24, 2.45) is 7.05 Å². The minimum atomic E-state index is -3.69. The van der Waals surface area contributed by atoms with Gasteiger partial charge in [0.25, 0.3) is 5.91 Å². The Bertz CT molecular complexity index is 1060. The number of hydrogen-bond acceptors (Lipinski definition) is 5. The van der Waals surface area contributed by atoms with Gasteiger partial charge in [-0.3, -0.25) is 9.48 Å². The Hall–Kier alpha value is -2.10. The number of ether oxygens (including phenoxy) is 1. The van der Waals surface area contributed by atoms with E-state index in [2.05, 4.69) is 5.10 Å². The maximum Gasteiger partial charge on any atom is 0.266 e. The smallest absolute Gasteiger partial charge is 0.266 e. The van der Waals surface area contributed by atoms with E-state index in [0.717, 1.165) is 0 Å². The lowest BCUT2D eigenvalue weighted by Crippen LogP contribution is -2.50. The second-order valence-corrected chi connectivity index (χ2v) is 10.6. The molecule has 0 N–H and O–H groups in total. The second-order valence-electron chi connectivity index (χ2n) is 8.24. The first kappa shape index (κ1) is 23.6. The molecule has 0 atom stereocenters. The molecule has 1 aliphatic rings. The van der Waals surface area contributed by atoms with Crippen LogP contribution in [0.1, 0.15) is 31.7 Å². The summed E-state index contributed by atoms with van der Waals surface area (Å²) in [5.41, 5.74) is -0.0138. The van der Waals surface area contributed by atoms with Crippen LogP contribution in [-0.2, 0) is 21.9 Å². The van der Waals surface area contributed by atoms with E-state index < -0.39 is 15.6 Å². The molecule has 1 saturated heterocycles. The largest absolute Gasteiger partial charge is 0.478 e. The van der Waals surface area contributed by atoms with Crippen molar-refractivity contribution in [2.75, 3.05) is 26.2 Å². The third-order valence-electron chi connectivity index (χ3n) is 5.48. The molecule has 0 unspecified atom stereocenters. The van der Waals surface area contributed by atoms with Crippen molar-refractivity contribution in [2.45, 2.75) is 44.6 Å². The minimum absolute atomic E-state index is 0.185. The lowest BCUT2D eigenvalue weighted by Gasteiger charge is -2.31. The van der Waals surface area contributed by atoms with Crippen molar-refractivity contribution >= 4 is 27.5 Å². The quantitative estimate of drug-likeness (QED) is 0.673. The number of rotatable bonds is 5. The maximum atomic E-state index is 13.3. The van der Waals surface area contributed by atoms with E-state index in [0.29, 0.717) is 48.2 Å². The van der Waals surface area contributed by atoms with Gasteiger partial charge in [-0.15, -0.1) is 0 Å². The molecule has 0 spiro atoms. The number of carbonyl (C=O) groups excluding carboxylic acids is 1. The monoisotopic (exact) mass is 468 g/mol. The molecule has 8 nitrogen and oxygen atoms in total. The van der Waals surface area contributed by atoms with E-state index >= 15 is 0 Å². The van der Waals surface area contributed by atoms with Crippen LogP contribution in [0.2, 0.25) is 5.02 Å². The number of amides is 1. The molecule has 0 radical (unpaired) electrons. The molecule has 31 heavy (non-hydrogen) atoms. The average molecular weight is 469 g/mol. The number of nitrogens with zero attached hydrogens (tertiary/aromatic N) is 4. The van der Waals surface area contributed by atoms with Crippen LogP contribution in [0.15, 0.2) is 29.2 Å². The van der Waals surface area contributed by atoms with Gasteiger partial charge >= 0.3 is 0 Å². The topological polar surface area (TPSA) is 84.7 Å². The van der Waals surface area contributed by atoms with E-state index in [1.807, 2.05) is 0 Å². The van der Waals surface area contributed by atoms with Gasteiger partial charge in [0.2, 0.25) is 10.0 Å². The molecule has 10 heteroatoms. The summed E-state index contributed by atoms with van der Waals surface area (Å²) < 4.78 is 35.5. The highest BCUT2D eigenvalue weighted by Crippen LogP contribution is 2.26. The van der Waals surface area contributed by atoms with Crippen molar-refractivity contribution in [3.63, 3.8) is 0 Å². The number of aromatic nitrogens is 2. The van der Waals surface area contributed by atoms with Crippen LogP contribution in [0.5, 0.6) is 5.75 Å². The molecule has 1 aromatic heterocycles. The Labute approximate surface area is 188 Å². The SMILES string of the molecule is Cc1nn(C)c(C)c1S(=O)(=O)N1CCCN(C(=O)C(C)(C)Oc2ccc(Cl)cc2)CC1. The third-order valence-corrected chi connectivity index (χ3v) is 7.89. The highest BCUT2D eigenvalue weighted by Gasteiger charge is 2.37. The van der Waals surface area contributed by atoms with Crippen molar-refractivity contribution in [3.05, 3.63) is 40.7 Å². The number of halogens is 1. The average Bonchev–Trinajstić information content (AvgIpc) is 2.87. The van der Waals surface area contributed by atoms with Crippen molar-refractivity contribution in [3.8, 4) is 5.75 Å². The fourth-order valence-corrected chi connectivity index (χ4v) is 5.81. The van der Waals surface area contributed by atoms with Crippen LogP contribution in [0, 0.1) is 13.8 Å². The van der Waals surface area contributed by atoms with Crippen LogP contribution in [0.25, 0.3) is 0 Å². The summed E-state index contributed by atoms with van der Waals surface area (Å²) >= 11 is 5.91. The van der Waals surface area contributed by atoms with Gasteiger partial charge in [-0.2, -0.15) is 9.40 Å². The first-order valence-electron chi connectivity index (χ1n) is 10.2. The van der Waals surface area contributed by atoms with E-state index in [-0.39, 0.29) is 17.3 Å². The van der Waals surface area contributed by atoms with Gasteiger partial charge in [-0.1, -0.05) is 11.6 Å². The second kappa shape index (κ2) is 8.80. The fraction of sp³-hybridized carbons (Fsp3) is 0.524. The van der Waals surface area contributed by atoms with Crippen molar-refractivity contribution < 1.29 is 17.9 Å². The van der Waals surface area contributed by atoms with E-state index in [9.17, 15) is 13.2 Å². The summed E-state index contributed by atoms with van der Waals surface area (Å²) in [5.74, 6) is 0.361. The normalized spacial score (nSPS) is 16.3. The third kappa shape index (κ3) is 4.88. The van der Waals surface area contributed by atoms with Gasteiger partial charge in [0, 0.05) is 38.2 Å². The zero-order chi connectivity index (χ0) is 23.0. The number of sulfonamides is 1. The molecule has 1 aliphatic heterocycles. The maximum absolute atomic E-state index is 13.3. The van der Waals surface area contributed by atoms with Gasteiger partial charge < -0.3 is 9.64 Å². The summed E-state index contributed by atoms with van der Waals surface area (Å²) in [6.07, 6.45) is 0.542. The predicted octanol–water partition coefficient (Wildman–Crippen LogP) is 2.77. The van der Waals surface area contributed by atoms with E-state index in [4.69, 9.17) is 16.3 Å². The molecule has 0 saturated carbocycles. The van der Waals surface area contributed by atoms with Crippen molar-refractivity contribution in [1.29, 1.82) is 0 Å². The van der Waals surface area contributed by atoms with Crippen LogP contribution < -0.4 is 4.74 Å². The molecular weight excluding hydrogens is 440 g/mol. The number of hydrogen-bond donors (Lipinski definition) is 0. The first-order valence-corrected chi connectivity index (χ1v) is 12.0. The zero-order valence-corrected chi connectivity index (χ0v) is 20.1. The van der Waals surface area contributed by atoms with Crippen LogP contribution >= 0.6 is 11.6 Å². The van der Waals surface area contributed by atoms with E-state index in [1.54, 1.807) is 68.6 Å². The molecule has 0 aliphatic carbocycles. The lowest BCUT2D eigenvalue weighted by atomic mass is 10.1. The van der Waals surface area contributed by atoms with Gasteiger partial charge in [-0.05, 0) is 58.4 Å². The Morgan fingerprint density at radius 1 is 1.10 bits per heavy atom. The molecule has 2 heterocycles. The standard InChI is InChI=1S/C21H29ClN4O4S/c1-15-19(16(2)24(5)23-15)31(28,29)26-12-6-11-25(13-14-26)20(27)21(3,4)30-18-9-7-17(22)8-10-18/h7-10H,6,11-14H2,1-5H3. The van der Waals surface area contributed by atoms with Crippen LogP contribution in [0.3, 0.4) is 0 Å². The molecule has 1 aromatic carbocycles. The molecular formula is C21H29ClN4O4S. The summed E-state index contributed by atoms with van der Waals surface area (Å²) in [7, 11) is -1.97. The Balaban J connectivity index is 1.73. The molecule has 3 rings (SSSR count). The summed E-state index contributed by atoms with van der Waals surface area (Å²) in [6.45, 7) is 8.20. The predicted molar refractivity (Wildman–Crippen MR) is 119 cm³/mol. The first-order chi connectivity index (χ1) is 14.4. The summed E-state index contributed by atoms with van der Waals surface area (Å²) in [4.78, 5) is 15.1. The van der Waals surface area contributed by atoms with Crippen molar-refractivity contribution in [1.82, 2.24) is 19.0 Å². The van der Waals surface area contributed by atoms with Gasteiger partial charge in [-0.25, -0.2) is 8.42 Å². The lowest BCUT2D eigenvalue weighted by molar-refractivity contribution is -0.145. The highest BCUT2D eigenvalue weighted by molar-refractivity contribution is 7.89. The summed E-state index contributed by atoms with van der Waals surface area (Å²) in [5, 5.41) is 4.82. The van der Waals surface area contributed by atoms with Gasteiger partial charge in [0.1, 0.15) is 10.6 Å². The summed E-state index contributed by atoms with van der Waals surface area (Å²) in [6, 6.07) is 6.84. The Kier molecular flexibility index (Phi) is 6.69. The Morgan fingerprint density at radius 2 is 1.74 bits per heavy atom.